The molecule has 4 aromatic rings. The van der Waals surface area contributed by atoms with Crippen molar-refractivity contribution in [2.24, 2.45) is 12.0 Å². The molecule has 0 saturated carbocycles. The van der Waals surface area contributed by atoms with Crippen molar-refractivity contribution in [2.45, 2.75) is 19.3 Å². The van der Waals surface area contributed by atoms with Crippen LogP contribution in [-0.4, -0.2) is 38.0 Å². The van der Waals surface area contributed by atoms with Crippen molar-refractivity contribution in [2.75, 3.05) is 10.6 Å². The average Bonchev–Trinajstić information content (AvgIpc) is 3.51. The summed E-state index contributed by atoms with van der Waals surface area (Å²) < 4.78 is 1.57. The molecule has 0 bridgehead atoms. The Hall–Kier alpha value is -4.53. The maximum atomic E-state index is 12.6. The molecule has 1 aliphatic heterocycles. The molecule has 9 nitrogen and oxygen atoms in total. The summed E-state index contributed by atoms with van der Waals surface area (Å²) in [4.78, 5) is 29.4. The van der Waals surface area contributed by atoms with Crippen LogP contribution in [0.25, 0.3) is 0 Å². The number of hydrogen-bond acceptors (Lipinski definition) is 5. The third kappa shape index (κ3) is 4.36. The molecule has 3 heterocycles. The van der Waals surface area contributed by atoms with Gasteiger partial charge in [-0.25, -0.2) is 4.99 Å². The van der Waals surface area contributed by atoms with Crippen LogP contribution in [0, 0.1) is 6.92 Å². The first-order chi connectivity index (χ1) is 16.5. The van der Waals surface area contributed by atoms with Crippen LogP contribution in [0.15, 0.2) is 65.8 Å². The normalized spacial score (nSPS) is 14.9. The van der Waals surface area contributed by atoms with Gasteiger partial charge in [-0.2, -0.15) is 10.2 Å². The van der Waals surface area contributed by atoms with Crippen molar-refractivity contribution in [3.05, 3.63) is 88.9 Å². The van der Waals surface area contributed by atoms with Gasteiger partial charge in [0.1, 0.15) is 17.4 Å². The Labute approximate surface area is 195 Å². The van der Waals surface area contributed by atoms with Crippen molar-refractivity contribution < 1.29 is 9.59 Å². The first-order valence-corrected chi connectivity index (χ1v) is 10.8. The van der Waals surface area contributed by atoms with E-state index in [1.54, 1.807) is 36.3 Å². The Balaban J connectivity index is 1.33. The van der Waals surface area contributed by atoms with E-state index in [9.17, 15) is 9.59 Å². The Morgan fingerprint density at radius 1 is 1.18 bits per heavy atom. The number of aromatic amines is 1. The molecule has 2 amide bonds. The second-order valence-electron chi connectivity index (χ2n) is 8.23. The number of aryl methyl sites for hydroxylation is 2. The number of aromatic nitrogens is 4. The molecule has 1 unspecified atom stereocenters. The van der Waals surface area contributed by atoms with Gasteiger partial charge in [-0.05, 0) is 54.3 Å². The van der Waals surface area contributed by atoms with Crippen molar-refractivity contribution >= 4 is 35.2 Å². The molecule has 0 radical (unpaired) electrons. The second kappa shape index (κ2) is 8.78. The zero-order chi connectivity index (χ0) is 23.7. The predicted molar refractivity (Wildman–Crippen MR) is 130 cm³/mol. The van der Waals surface area contributed by atoms with Crippen molar-refractivity contribution in [1.82, 2.24) is 20.0 Å². The number of amides is 2. The molecule has 0 fully saturated rings. The van der Waals surface area contributed by atoms with Crippen molar-refractivity contribution in [3.63, 3.8) is 0 Å². The second-order valence-corrected chi connectivity index (χ2v) is 8.23. The predicted octanol–water partition coefficient (Wildman–Crippen LogP) is 3.73. The lowest BCUT2D eigenvalue weighted by Crippen LogP contribution is -2.16. The van der Waals surface area contributed by atoms with E-state index in [-0.39, 0.29) is 11.8 Å². The van der Waals surface area contributed by atoms with Crippen LogP contribution < -0.4 is 10.6 Å². The van der Waals surface area contributed by atoms with Crippen LogP contribution in [0.2, 0.25) is 0 Å². The number of anilines is 2. The van der Waals surface area contributed by atoms with Crippen molar-refractivity contribution in [1.29, 1.82) is 0 Å². The van der Waals surface area contributed by atoms with E-state index in [1.807, 2.05) is 49.4 Å². The molecule has 0 aliphatic carbocycles. The summed E-state index contributed by atoms with van der Waals surface area (Å²) in [5, 5.41) is 16.7. The van der Waals surface area contributed by atoms with Crippen LogP contribution in [0.1, 0.15) is 38.8 Å². The van der Waals surface area contributed by atoms with Gasteiger partial charge in [-0.15, -0.1) is 0 Å². The smallest absolute Gasteiger partial charge is 0.273 e. The molecule has 170 valence electrons. The SMILES string of the molecule is Cc1cc(C(=O)Nc2cccc(Cc3ccc4c(c3)C(C=Nc3ccn[nH]3)C(=O)N4)c2)n(C)n1. The summed E-state index contributed by atoms with van der Waals surface area (Å²) in [5.41, 5.74) is 5.79. The van der Waals surface area contributed by atoms with Crippen LogP contribution in [0.4, 0.5) is 17.2 Å². The topological polar surface area (TPSA) is 117 Å². The first-order valence-electron chi connectivity index (χ1n) is 10.8. The highest BCUT2D eigenvalue weighted by atomic mass is 16.2. The van der Waals surface area contributed by atoms with Gasteiger partial charge in [0.25, 0.3) is 5.91 Å². The van der Waals surface area contributed by atoms with Crippen LogP contribution in [0.5, 0.6) is 0 Å². The van der Waals surface area contributed by atoms with Crippen molar-refractivity contribution in [3.8, 4) is 0 Å². The minimum atomic E-state index is -0.466. The lowest BCUT2D eigenvalue weighted by Gasteiger charge is -2.09. The number of benzene rings is 2. The van der Waals surface area contributed by atoms with E-state index in [4.69, 9.17) is 0 Å². The number of nitrogens with one attached hydrogen (secondary N) is 3. The summed E-state index contributed by atoms with van der Waals surface area (Å²) >= 11 is 0. The molecule has 2 aromatic carbocycles. The van der Waals surface area contributed by atoms with Gasteiger partial charge >= 0.3 is 0 Å². The largest absolute Gasteiger partial charge is 0.325 e. The van der Waals surface area contributed by atoms with Crippen LogP contribution >= 0.6 is 0 Å². The number of aliphatic imine (C=N–C) groups is 1. The standard InChI is InChI=1S/C25H23N7O2/c1-15-10-22(32(2)31-15)25(34)28-18-5-3-4-16(12-18)11-17-6-7-21-19(13-17)20(24(33)29-21)14-26-23-8-9-27-30-23/h3-10,12-14,20H,11H2,1-2H3,(H,27,30)(H,28,34)(H,29,33). The molecule has 34 heavy (non-hydrogen) atoms. The number of carbonyl (C=O) groups is 2. The summed E-state index contributed by atoms with van der Waals surface area (Å²) in [6.45, 7) is 1.85. The molecule has 0 saturated heterocycles. The Bertz CT molecular complexity index is 1400. The number of fused-ring (bicyclic) bond motifs is 1. The maximum absolute atomic E-state index is 12.6. The third-order valence-electron chi connectivity index (χ3n) is 5.67. The minimum absolute atomic E-state index is 0.106. The Morgan fingerprint density at radius 2 is 2.03 bits per heavy atom. The van der Waals surface area contributed by atoms with E-state index >= 15 is 0 Å². The van der Waals surface area contributed by atoms with Gasteiger partial charge in [-0.3, -0.25) is 19.4 Å². The fourth-order valence-electron chi connectivity index (χ4n) is 4.08. The molecular formula is C25H23N7O2. The number of carbonyl (C=O) groups excluding carboxylic acids is 2. The number of hydrogen-bond donors (Lipinski definition) is 3. The van der Waals surface area contributed by atoms with Gasteiger partial charge in [0.15, 0.2) is 0 Å². The fraction of sp³-hybridized carbons (Fsp3) is 0.160. The molecule has 9 heteroatoms. The van der Waals surface area contributed by atoms with Gasteiger partial charge in [0.2, 0.25) is 5.91 Å². The van der Waals surface area contributed by atoms with Gasteiger partial charge in [-0.1, -0.05) is 24.3 Å². The molecule has 5 rings (SSSR count). The first kappa shape index (κ1) is 21.3. The van der Waals surface area contributed by atoms with Gasteiger partial charge < -0.3 is 10.6 Å². The molecule has 3 N–H and O–H groups in total. The van der Waals surface area contributed by atoms with Crippen LogP contribution in [-0.2, 0) is 18.3 Å². The number of H-pyrrole nitrogens is 1. The zero-order valence-corrected chi connectivity index (χ0v) is 18.7. The van der Waals surface area contributed by atoms with E-state index in [1.165, 1.54) is 0 Å². The summed E-state index contributed by atoms with van der Waals surface area (Å²) in [7, 11) is 1.75. The Kier molecular flexibility index (Phi) is 5.51. The molecule has 1 atom stereocenters. The lowest BCUT2D eigenvalue weighted by molar-refractivity contribution is -0.115. The highest BCUT2D eigenvalue weighted by Crippen LogP contribution is 2.33. The summed E-state index contributed by atoms with van der Waals surface area (Å²) in [6, 6.07) is 17.2. The summed E-state index contributed by atoms with van der Waals surface area (Å²) in [6.07, 6.45) is 3.90. The van der Waals surface area contributed by atoms with Gasteiger partial charge in [0.05, 0.1) is 11.9 Å². The Morgan fingerprint density at radius 3 is 2.79 bits per heavy atom. The number of rotatable bonds is 6. The van der Waals surface area contributed by atoms with E-state index in [0.717, 1.165) is 28.1 Å². The highest BCUT2D eigenvalue weighted by molar-refractivity contribution is 6.12. The number of nitrogens with zero attached hydrogens (tertiary/aromatic N) is 4. The average molecular weight is 454 g/mol. The lowest BCUT2D eigenvalue weighted by atomic mass is 9.96. The molecular weight excluding hydrogens is 430 g/mol. The third-order valence-corrected chi connectivity index (χ3v) is 5.67. The quantitative estimate of drug-likeness (QED) is 0.386. The van der Waals surface area contributed by atoms with Crippen LogP contribution in [0.3, 0.4) is 0 Å². The van der Waals surface area contributed by atoms with E-state index in [2.05, 4.69) is 30.9 Å². The fourth-order valence-corrected chi connectivity index (χ4v) is 4.08. The van der Waals surface area contributed by atoms with E-state index in [0.29, 0.717) is 23.6 Å². The highest BCUT2D eigenvalue weighted by Gasteiger charge is 2.29. The minimum Gasteiger partial charge on any atom is -0.325 e. The summed E-state index contributed by atoms with van der Waals surface area (Å²) in [5.74, 6) is -0.184. The molecule has 2 aromatic heterocycles. The molecule has 1 aliphatic rings. The zero-order valence-electron chi connectivity index (χ0n) is 18.7. The molecule has 0 spiro atoms. The maximum Gasteiger partial charge on any atom is 0.273 e. The van der Waals surface area contributed by atoms with E-state index < -0.39 is 5.92 Å². The monoisotopic (exact) mass is 453 g/mol. The van der Waals surface area contributed by atoms with Gasteiger partial charge in [0, 0.05) is 30.7 Å².